The summed E-state index contributed by atoms with van der Waals surface area (Å²) < 4.78 is 15.8. The summed E-state index contributed by atoms with van der Waals surface area (Å²) in [6, 6.07) is 8.57. The number of rotatable bonds is 9. The topological polar surface area (TPSA) is 103 Å². The van der Waals surface area contributed by atoms with Gasteiger partial charge in [0.05, 0.1) is 0 Å². The van der Waals surface area contributed by atoms with Crippen LogP contribution in [0.4, 0.5) is 9.59 Å². The van der Waals surface area contributed by atoms with E-state index in [4.69, 9.17) is 14.2 Å². The zero-order valence-corrected chi connectivity index (χ0v) is 19.4. The summed E-state index contributed by atoms with van der Waals surface area (Å²) >= 11 is 0. The molecule has 0 saturated carbocycles. The molecule has 0 fully saturated rings. The van der Waals surface area contributed by atoms with Crippen molar-refractivity contribution in [2.45, 2.75) is 84.7 Å². The third kappa shape index (κ3) is 13.2. The van der Waals surface area contributed by atoms with Gasteiger partial charge in [0, 0.05) is 6.54 Å². The quantitative estimate of drug-likeness (QED) is 0.340. The number of hydrogen-bond donors (Lipinski definition) is 2. The highest BCUT2D eigenvalue weighted by Gasteiger charge is 2.28. The molecule has 1 atom stereocenters. The Kier molecular flexibility index (Phi) is 10.3. The van der Waals surface area contributed by atoms with Gasteiger partial charge in [-0.2, -0.15) is 0 Å². The predicted octanol–water partition coefficient (Wildman–Crippen LogP) is 4.32. The molecule has 0 radical (unpaired) electrons. The van der Waals surface area contributed by atoms with Crippen molar-refractivity contribution < 1.29 is 28.6 Å². The molecule has 0 bridgehead atoms. The highest BCUT2D eigenvalue weighted by atomic mass is 16.6. The molecular formula is C23H36N2O6. The van der Waals surface area contributed by atoms with Gasteiger partial charge in [-0.05, 0) is 66.4 Å². The first-order valence-electron chi connectivity index (χ1n) is 10.5. The summed E-state index contributed by atoms with van der Waals surface area (Å²) in [5.41, 5.74) is -0.437. The van der Waals surface area contributed by atoms with Crippen LogP contribution in [0, 0.1) is 0 Å². The van der Waals surface area contributed by atoms with Crippen LogP contribution in [-0.2, 0) is 25.6 Å². The molecule has 2 N–H and O–H groups in total. The smallest absolute Gasteiger partial charge is 0.408 e. The third-order valence-electron chi connectivity index (χ3n) is 3.78. The van der Waals surface area contributed by atoms with E-state index in [1.807, 2.05) is 30.3 Å². The van der Waals surface area contributed by atoms with E-state index < -0.39 is 35.4 Å². The molecule has 0 aliphatic heterocycles. The average molecular weight is 437 g/mol. The third-order valence-corrected chi connectivity index (χ3v) is 3.78. The Bertz CT molecular complexity index is 707. The van der Waals surface area contributed by atoms with Gasteiger partial charge in [0.25, 0.3) is 0 Å². The molecule has 174 valence electrons. The molecule has 0 spiro atoms. The molecule has 0 saturated heterocycles. The number of amides is 2. The fourth-order valence-corrected chi connectivity index (χ4v) is 2.51. The van der Waals surface area contributed by atoms with E-state index in [9.17, 15) is 14.4 Å². The number of nitrogens with one attached hydrogen (secondary N) is 2. The molecule has 1 aromatic rings. The molecule has 0 heterocycles. The summed E-state index contributed by atoms with van der Waals surface area (Å²) in [5, 5.41) is 5.26. The number of benzene rings is 1. The summed E-state index contributed by atoms with van der Waals surface area (Å²) in [7, 11) is 0. The molecule has 0 aliphatic rings. The number of unbranched alkanes of at least 4 members (excludes halogenated alkanes) is 1. The molecule has 31 heavy (non-hydrogen) atoms. The molecule has 0 aliphatic carbocycles. The molecule has 8 nitrogen and oxygen atoms in total. The van der Waals surface area contributed by atoms with Crippen LogP contribution in [0.5, 0.6) is 0 Å². The van der Waals surface area contributed by atoms with Crippen LogP contribution in [0.1, 0.15) is 66.4 Å². The van der Waals surface area contributed by atoms with E-state index in [-0.39, 0.29) is 6.61 Å². The summed E-state index contributed by atoms with van der Waals surface area (Å²) in [4.78, 5) is 36.3. The second-order valence-corrected chi connectivity index (χ2v) is 9.22. The lowest BCUT2D eigenvalue weighted by Crippen LogP contribution is -2.46. The number of carbonyl (C=O) groups excluding carboxylic acids is 3. The molecule has 1 aromatic carbocycles. The number of hydrogen-bond acceptors (Lipinski definition) is 6. The van der Waals surface area contributed by atoms with Crippen molar-refractivity contribution >= 4 is 18.2 Å². The Morgan fingerprint density at radius 2 is 1.48 bits per heavy atom. The Hall–Kier alpha value is -2.77. The molecular weight excluding hydrogens is 400 g/mol. The van der Waals surface area contributed by atoms with Crippen molar-refractivity contribution in [2.75, 3.05) is 6.54 Å². The number of carbonyl (C=O) groups is 3. The second-order valence-electron chi connectivity index (χ2n) is 9.22. The molecule has 1 unspecified atom stereocenters. The van der Waals surface area contributed by atoms with E-state index in [0.717, 1.165) is 5.56 Å². The van der Waals surface area contributed by atoms with Crippen molar-refractivity contribution in [3.8, 4) is 0 Å². The van der Waals surface area contributed by atoms with E-state index in [1.54, 1.807) is 41.5 Å². The van der Waals surface area contributed by atoms with Crippen LogP contribution in [0.3, 0.4) is 0 Å². The van der Waals surface area contributed by atoms with Crippen LogP contribution in [0.25, 0.3) is 0 Å². The lowest BCUT2D eigenvalue weighted by molar-refractivity contribution is -0.157. The Labute approximate surface area is 185 Å². The first kappa shape index (κ1) is 26.3. The highest BCUT2D eigenvalue weighted by molar-refractivity contribution is 5.81. The largest absolute Gasteiger partial charge is 0.458 e. The van der Waals surface area contributed by atoms with E-state index in [2.05, 4.69) is 10.6 Å². The highest BCUT2D eigenvalue weighted by Crippen LogP contribution is 2.13. The van der Waals surface area contributed by atoms with Crippen molar-refractivity contribution in [3.05, 3.63) is 35.9 Å². The lowest BCUT2D eigenvalue weighted by atomic mass is 10.1. The van der Waals surface area contributed by atoms with Gasteiger partial charge in [-0.1, -0.05) is 30.3 Å². The van der Waals surface area contributed by atoms with Gasteiger partial charge in [-0.15, -0.1) is 0 Å². The summed E-state index contributed by atoms with van der Waals surface area (Å²) in [6.07, 6.45) is 0.369. The van der Waals surface area contributed by atoms with Gasteiger partial charge in [0.15, 0.2) is 0 Å². The van der Waals surface area contributed by atoms with Gasteiger partial charge < -0.3 is 24.8 Å². The van der Waals surface area contributed by atoms with Gasteiger partial charge in [-0.3, -0.25) is 0 Å². The molecule has 1 rings (SSSR count). The van der Waals surface area contributed by atoms with Gasteiger partial charge >= 0.3 is 18.2 Å². The van der Waals surface area contributed by atoms with Crippen LogP contribution < -0.4 is 10.6 Å². The Morgan fingerprint density at radius 3 is 2.06 bits per heavy atom. The summed E-state index contributed by atoms with van der Waals surface area (Å²) in [6.45, 7) is 11.1. The maximum absolute atomic E-state index is 12.5. The SMILES string of the molecule is CC(C)(C)OC(=O)NC(CCCCNC(=O)OCc1ccccc1)C(=O)OC(C)(C)C. The number of ether oxygens (including phenoxy) is 3. The zero-order valence-electron chi connectivity index (χ0n) is 19.4. The Balaban J connectivity index is 2.42. The first-order valence-corrected chi connectivity index (χ1v) is 10.5. The average Bonchev–Trinajstić information content (AvgIpc) is 2.63. The maximum atomic E-state index is 12.5. The minimum atomic E-state index is -0.834. The monoisotopic (exact) mass is 436 g/mol. The normalized spacial score (nSPS) is 12.5. The second kappa shape index (κ2) is 12.2. The van der Waals surface area contributed by atoms with E-state index >= 15 is 0 Å². The van der Waals surface area contributed by atoms with Crippen molar-refractivity contribution in [3.63, 3.8) is 0 Å². The minimum Gasteiger partial charge on any atom is -0.458 e. The van der Waals surface area contributed by atoms with Gasteiger partial charge in [0.1, 0.15) is 23.9 Å². The van der Waals surface area contributed by atoms with Gasteiger partial charge in [-0.25, -0.2) is 14.4 Å². The predicted molar refractivity (Wildman–Crippen MR) is 117 cm³/mol. The van der Waals surface area contributed by atoms with Gasteiger partial charge in [0.2, 0.25) is 0 Å². The Morgan fingerprint density at radius 1 is 0.871 bits per heavy atom. The molecule has 2 amide bonds. The van der Waals surface area contributed by atoms with E-state index in [1.165, 1.54) is 0 Å². The molecule has 8 heteroatoms. The van der Waals surface area contributed by atoms with Crippen LogP contribution in [-0.4, -0.2) is 41.9 Å². The molecule has 0 aromatic heterocycles. The van der Waals surface area contributed by atoms with Crippen LogP contribution >= 0.6 is 0 Å². The standard InChI is InChI=1S/C23H36N2O6/c1-22(2,3)30-19(26)18(25-21(28)31-23(4,5)6)14-10-11-15-24-20(27)29-16-17-12-8-7-9-13-17/h7-9,12-13,18H,10-11,14-16H2,1-6H3,(H,24,27)(H,25,28). The first-order chi connectivity index (χ1) is 14.4. The van der Waals surface area contributed by atoms with Crippen molar-refractivity contribution in [1.29, 1.82) is 0 Å². The summed E-state index contributed by atoms with van der Waals surface area (Å²) in [5.74, 6) is -0.520. The van der Waals surface area contributed by atoms with Crippen molar-refractivity contribution in [2.24, 2.45) is 0 Å². The van der Waals surface area contributed by atoms with Crippen LogP contribution in [0.2, 0.25) is 0 Å². The lowest BCUT2D eigenvalue weighted by Gasteiger charge is -2.26. The van der Waals surface area contributed by atoms with Crippen molar-refractivity contribution in [1.82, 2.24) is 10.6 Å². The fourth-order valence-electron chi connectivity index (χ4n) is 2.51. The fraction of sp³-hybridized carbons (Fsp3) is 0.609. The van der Waals surface area contributed by atoms with E-state index in [0.29, 0.717) is 25.8 Å². The van der Waals surface area contributed by atoms with Crippen LogP contribution in [0.15, 0.2) is 30.3 Å². The zero-order chi connectivity index (χ0) is 23.5. The number of alkyl carbamates (subject to hydrolysis) is 2. The maximum Gasteiger partial charge on any atom is 0.408 e. The minimum absolute atomic E-state index is 0.202. The number of esters is 1.